The molecule has 1 nitrogen and oxygen atoms in total. The van der Waals surface area contributed by atoms with Crippen molar-refractivity contribution in [1.29, 1.82) is 0 Å². The van der Waals surface area contributed by atoms with Crippen LogP contribution in [0.5, 0.6) is 11.5 Å². The molecule has 0 saturated carbocycles. The van der Waals surface area contributed by atoms with Crippen LogP contribution in [0.2, 0.25) is 0 Å². The molecule has 0 N–H and O–H groups in total. The lowest BCUT2D eigenvalue weighted by atomic mass is 9.85. The highest BCUT2D eigenvalue weighted by Gasteiger charge is 2.22. The predicted octanol–water partition coefficient (Wildman–Crippen LogP) is 11.4. The second-order valence-corrected chi connectivity index (χ2v) is 10.8. The fourth-order valence-electron chi connectivity index (χ4n) is 6.86. The molecular weight excluding hydrogens is 496 g/mol. The van der Waals surface area contributed by atoms with Gasteiger partial charge in [-0.3, -0.25) is 0 Å². The van der Waals surface area contributed by atoms with Crippen molar-refractivity contribution in [1.82, 2.24) is 0 Å². The van der Waals surface area contributed by atoms with Gasteiger partial charge >= 0.3 is 0 Å². The zero-order valence-electron chi connectivity index (χ0n) is 22.3. The highest BCUT2D eigenvalue weighted by molar-refractivity contribution is 6.23. The summed E-state index contributed by atoms with van der Waals surface area (Å²) in [7, 11) is 0. The lowest BCUT2D eigenvalue weighted by Gasteiger charge is -2.23. The molecule has 190 valence electrons. The van der Waals surface area contributed by atoms with Crippen LogP contribution in [0.15, 0.2) is 146 Å². The first-order chi connectivity index (χ1) is 20.3. The monoisotopic (exact) mass is 520 g/mol. The Morgan fingerprint density at radius 3 is 1.95 bits per heavy atom. The van der Waals surface area contributed by atoms with Crippen LogP contribution >= 0.6 is 0 Å². The number of para-hydroxylation sites is 1. The van der Waals surface area contributed by atoms with Crippen molar-refractivity contribution < 1.29 is 4.74 Å². The van der Waals surface area contributed by atoms with Crippen molar-refractivity contribution in [3.05, 3.63) is 146 Å². The maximum Gasteiger partial charge on any atom is 0.135 e. The number of hydrogen-bond acceptors (Lipinski definition) is 1. The molecule has 9 rings (SSSR count). The minimum absolute atomic E-state index is 0.913. The van der Waals surface area contributed by atoms with Gasteiger partial charge in [-0.15, -0.1) is 0 Å². The Morgan fingerprint density at radius 2 is 1.02 bits per heavy atom. The second kappa shape index (κ2) is 8.55. The lowest BCUT2D eigenvalue weighted by molar-refractivity contribution is 0.487. The van der Waals surface area contributed by atoms with Crippen LogP contribution in [0.4, 0.5) is 0 Å². The van der Waals surface area contributed by atoms with Gasteiger partial charge in [0.25, 0.3) is 0 Å². The van der Waals surface area contributed by atoms with E-state index in [4.69, 9.17) is 4.74 Å². The summed E-state index contributed by atoms with van der Waals surface area (Å²) in [6.07, 6.45) is 0. The van der Waals surface area contributed by atoms with Crippen molar-refractivity contribution >= 4 is 43.1 Å². The van der Waals surface area contributed by atoms with Crippen LogP contribution in [0.3, 0.4) is 0 Å². The average Bonchev–Trinajstić information content (AvgIpc) is 3.04. The molecule has 1 aliphatic heterocycles. The third-order valence-corrected chi connectivity index (χ3v) is 8.66. The van der Waals surface area contributed by atoms with Gasteiger partial charge in [0.1, 0.15) is 11.5 Å². The summed E-state index contributed by atoms with van der Waals surface area (Å²) >= 11 is 0. The third kappa shape index (κ3) is 3.24. The van der Waals surface area contributed by atoms with Crippen LogP contribution < -0.4 is 4.74 Å². The van der Waals surface area contributed by atoms with E-state index in [2.05, 4.69) is 140 Å². The van der Waals surface area contributed by atoms with Gasteiger partial charge < -0.3 is 4.74 Å². The molecule has 0 aliphatic carbocycles. The van der Waals surface area contributed by atoms with Gasteiger partial charge in [-0.2, -0.15) is 0 Å². The maximum atomic E-state index is 6.41. The Kier molecular flexibility index (Phi) is 4.67. The van der Waals surface area contributed by atoms with Crippen molar-refractivity contribution in [2.24, 2.45) is 0 Å². The van der Waals surface area contributed by atoms with E-state index in [1.807, 2.05) is 6.07 Å². The number of hydrogen-bond donors (Lipinski definition) is 0. The van der Waals surface area contributed by atoms with Crippen LogP contribution in [0.25, 0.3) is 76.5 Å². The lowest BCUT2D eigenvalue weighted by Crippen LogP contribution is -1.97. The fraction of sp³-hybridized carbons (Fsp3) is 0. The number of fused-ring (bicyclic) bond motifs is 6. The molecule has 0 aromatic heterocycles. The summed E-state index contributed by atoms with van der Waals surface area (Å²) in [6.45, 7) is 0. The Morgan fingerprint density at radius 1 is 0.341 bits per heavy atom. The van der Waals surface area contributed by atoms with E-state index in [-0.39, 0.29) is 0 Å². The minimum Gasteiger partial charge on any atom is -0.456 e. The molecule has 1 aliphatic rings. The molecule has 0 amide bonds. The Balaban J connectivity index is 1.42. The smallest absolute Gasteiger partial charge is 0.135 e. The van der Waals surface area contributed by atoms with Gasteiger partial charge in [-0.1, -0.05) is 127 Å². The van der Waals surface area contributed by atoms with E-state index in [9.17, 15) is 0 Å². The van der Waals surface area contributed by atoms with Crippen LogP contribution in [0.1, 0.15) is 0 Å². The molecular formula is C40H24O. The zero-order valence-corrected chi connectivity index (χ0v) is 22.3. The van der Waals surface area contributed by atoms with E-state index in [1.54, 1.807) is 0 Å². The van der Waals surface area contributed by atoms with Gasteiger partial charge in [0.05, 0.1) is 0 Å². The van der Waals surface area contributed by atoms with E-state index in [0.29, 0.717) is 0 Å². The summed E-state index contributed by atoms with van der Waals surface area (Å²) in [5.41, 5.74) is 7.34. The zero-order chi connectivity index (χ0) is 26.9. The fourth-order valence-corrected chi connectivity index (χ4v) is 6.86. The average molecular weight is 521 g/mol. The third-order valence-electron chi connectivity index (χ3n) is 8.66. The van der Waals surface area contributed by atoms with E-state index in [1.165, 1.54) is 70.9 Å². The molecule has 8 aromatic carbocycles. The molecule has 0 atom stereocenters. The number of benzene rings is 8. The van der Waals surface area contributed by atoms with Gasteiger partial charge in [0.2, 0.25) is 0 Å². The quantitative estimate of drug-likeness (QED) is 0.163. The van der Waals surface area contributed by atoms with Crippen molar-refractivity contribution in [3.8, 4) is 44.9 Å². The minimum atomic E-state index is 0.913. The largest absolute Gasteiger partial charge is 0.456 e. The summed E-state index contributed by atoms with van der Waals surface area (Å²) in [4.78, 5) is 0. The first-order valence-electron chi connectivity index (χ1n) is 14.1. The topological polar surface area (TPSA) is 9.23 Å². The van der Waals surface area contributed by atoms with Crippen LogP contribution in [-0.2, 0) is 0 Å². The molecule has 0 spiro atoms. The van der Waals surface area contributed by atoms with Crippen LogP contribution in [0, 0.1) is 0 Å². The summed E-state index contributed by atoms with van der Waals surface area (Å²) in [5.74, 6) is 1.83. The Labute approximate surface area is 237 Å². The highest BCUT2D eigenvalue weighted by atomic mass is 16.5. The number of ether oxygens (including phenoxy) is 1. The first-order valence-corrected chi connectivity index (χ1v) is 14.1. The van der Waals surface area contributed by atoms with Crippen molar-refractivity contribution in [3.63, 3.8) is 0 Å². The molecule has 1 heterocycles. The normalized spacial score (nSPS) is 12.1. The van der Waals surface area contributed by atoms with Gasteiger partial charge in [-0.25, -0.2) is 0 Å². The highest BCUT2D eigenvalue weighted by Crippen LogP contribution is 2.50. The molecule has 41 heavy (non-hydrogen) atoms. The summed E-state index contributed by atoms with van der Waals surface area (Å²) in [6, 6.07) is 52.6. The second-order valence-electron chi connectivity index (χ2n) is 10.8. The molecule has 8 aromatic rings. The molecule has 0 fully saturated rings. The van der Waals surface area contributed by atoms with E-state index < -0.39 is 0 Å². The van der Waals surface area contributed by atoms with Crippen LogP contribution in [-0.4, -0.2) is 0 Å². The van der Waals surface area contributed by atoms with E-state index >= 15 is 0 Å². The van der Waals surface area contributed by atoms with Gasteiger partial charge in [0.15, 0.2) is 0 Å². The Hall–Kier alpha value is -5.40. The predicted molar refractivity (Wildman–Crippen MR) is 173 cm³/mol. The van der Waals surface area contributed by atoms with Gasteiger partial charge in [-0.05, 0) is 83.7 Å². The van der Waals surface area contributed by atoms with E-state index in [0.717, 1.165) is 17.1 Å². The Bertz CT molecular complexity index is 2330. The molecule has 0 bridgehead atoms. The van der Waals surface area contributed by atoms with Crippen molar-refractivity contribution in [2.45, 2.75) is 0 Å². The number of rotatable bonds is 2. The summed E-state index contributed by atoms with van der Waals surface area (Å²) in [5, 5.41) is 10.0. The maximum absolute atomic E-state index is 6.41. The SMILES string of the molecule is c1ccc(-c2c3cccc(-c4ccc5c6c(cccc46)-c4ccccc4O5)c3cc3c2ccc2ccccc23)cc1. The van der Waals surface area contributed by atoms with Gasteiger partial charge in [0, 0.05) is 10.9 Å². The standard InChI is InChI=1S/C40H24O/c1-2-11-26(12-3-1)39-33-18-8-15-28(36(33)24-35-27-13-5-4-10-25(27)20-21-34(35)39)29-22-23-38-40-31(29)16-9-17-32(40)30-14-6-7-19-37(30)41-38/h1-24H. The van der Waals surface area contributed by atoms with Crippen molar-refractivity contribution in [2.75, 3.05) is 0 Å². The molecule has 0 saturated heterocycles. The molecule has 0 radical (unpaired) electrons. The molecule has 1 heteroatoms. The summed E-state index contributed by atoms with van der Waals surface area (Å²) < 4.78 is 6.41. The molecule has 0 unspecified atom stereocenters. The first kappa shape index (κ1) is 22.4.